The molecule has 0 spiro atoms. The molecule has 0 amide bonds. The fourth-order valence-electron chi connectivity index (χ4n) is 16.4. The van der Waals surface area contributed by atoms with Crippen molar-refractivity contribution < 1.29 is 0 Å². The van der Waals surface area contributed by atoms with Gasteiger partial charge >= 0.3 is 0 Å². The van der Waals surface area contributed by atoms with Crippen LogP contribution in [0.5, 0.6) is 0 Å². The van der Waals surface area contributed by atoms with E-state index < -0.39 is 10.8 Å². The molecule has 0 fully saturated rings. The van der Waals surface area contributed by atoms with Crippen molar-refractivity contribution in [2.45, 2.75) is 168 Å². The standard InChI is InChI=1S/C89H94N2/c1-16-72-55-60(3)87(14,15)66-39-47-68(48-40-66)88(67-41-33-63(34-42-67)84(5,6)7)71-49-53-80-61(4)78(51-32-62(56-71)79-52-50-76(57-81(79)88)90(72)73-26-20-17-21-27-73)83-59(2)54-77(91(74-28-22-18-23-29-74)75-30-24-19-25-31-75)58-82(83)89(80,69-43-35-64(36-44-69)85(8,9)10)70-45-37-65(38-46-70)86(11,12)13/h16-49,51-53,55-57,59,76-77H,50,54,58H2,1-15H3/b51-32?,53-49?,60-55+,62-32?,71-49?,72-16+,78-51?,80-53?. The first kappa shape index (κ1) is 61.4. The maximum absolute atomic E-state index is 2.69. The quantitative estimate of drug-likeness (QED) is 0.157. The lowest BCUT2D eigenvalue weighted by Crippen LogP contribution is -2.44. The molecular formula is C89H94N2. The average molecular weight is 1190 g/mol. The predicted molar refractivity (Wildman–Crippen MR) is 388 cm³/mol. The van der Waals surface area contributed by atoms with Crippen LogP contribution in [-0.4, -0.2) is 12.1 Å². The summed E-state index contributed by atoms with van der Waals surface area (Å²) in [7, 11) is 0. The highest BCUT2D eigenvalue weighted by atomic mass is 15.2. The van der Waals surface area contributed by atoms with Gasteiger partial charge in [0.2, 0.25) is 0 Å². The zero-order chi connectivity index (χ0) is 64.0. The molecule has 4 atom stereocenters. The van der Waals surface area contributed by atoms with Crippen LogP contribution in [0.25, 0.3) is 11.1 Å². The van der Waals surface area contributed by atoms with Crippen molar-refractivity contribution in [2.75, 3.05) is 9.80 Å². The van der Waals surface area contributed by atoms with Crippen molar-refractivity contribution in [3.8, 4) is 0 Å². The number of allylic oxidation sites excluding steroid dienone is 6. The topological polar surface area (TPSA) is 6.48 Å². The Morgan fingerprint density at radius 1 is 0.516 bits per heavy atom. The Balaban J connectivity index is 1.18. The lowest BCUT2D eigenvalue weighted by atomic mass is 9.54. The Bertz CT molecular complexity index is 4180. The van der Waals surface area contributed by atoms with E-state index in [1.54, 1.807) is 0 Å². The number of fused-ring (bicyclic) bond motifs is 11. The highest BCUT2D eigenvalue weighted by Crippen LogP contribution is 2.61. The van der Waals surface area contributed by atoms with Gasteiger partial charge < -0.3 is 9.80 Å². The molecular weight excluding hydrogens is 1100 g/mol. The molecule has 2 heterocycles. The molecule has 460 valence electrons. The highest BCUT2D eigenvalue weighted by Gasteiger charge is 2.51. The number of benzene rings is 7. The van der Waals surface area contributed by atoms with Gasteiger partial charge in [0.1, 0.15) is 0 Å². The molecule has 6 aliphatic rings. The molecule has 0 saturated carbocycles. The third-order valence-corrected chi connectivity index (χ3v) is 21.7. The van der Waals surface area contributed by atoms with E-state index in [0.717, 1.165) is 19.3 Å². The first-order chi connectivity index (χ1) is 43.4. The summed E-state index contributed by atoms with van der Waals surface area (Å²) in [6, 6.07) is 86.0. The van der Waals surface area contributed by atoms with Gasteiger partial charge in [0, 0.05) is 34.2 Å². The Hall–Kier alpha value is -8.46. The summed E-state index contributed by atoms with van der Waals surface area (Å²) in [5, 5.41) is 0. The predicted octanol–water partition coefficient (Wildman–Crippen LogP) is 22.8. The molecule has 8 bridgehead atoms. The summed E-state index contributed by atoms with van der Waals surface area (Å²) >= 11 is 0. The fourth-order valence-corrected chi connectivity index (χ4v) is 16.4. The first-order valence-corrected chi connectivity index (χ1v) is 33.7. The third kappa shape index (κ3) is 10.4. The number of hydrogen-bond acceptors (Lipinski definition) is 2. The van der Waals surface area contributed by atoms with Crippen LogP contribution in [0.3, 0.4) is 0 Å². The number of rotatable bonds is 7. The molecule has 4 aliphatic carbocycles. The maximum Gasteiger partial charge on any atom is 0.0705 e. The van der Waals surface area contributed by atoms with E-state index in [1.165, 1.54) is 123 Å². The van der Waals surface area contributed by atoms with Crippen LogP contribution < -0.4 is 9.80 Å². The zero-order valence-corrected chi connectivity index (χ0v) is 56.8. The first-order valence-electron chi connectivity index (χ1n) is 33.7. The van der Waals surface area contributed by atoms with Crippen LogP contribution in [0.4, 0.5) is 17.1 Å². The molecule has 0 saturated heterocycles. The molecule has 0 N–H and O–H groups in total. The Labute approximate surface area is 545 Å². The molecule has 14 rings (SSSR count). The third-order valence-electron chi connectivity index (χ3n) is 21.7. The fraction of sp³-hybridized carbons (Fsp3) is 0.303. The van der Waals surface area contributed by atoms with Gasteiger partial charge in [-0.1, -0.05) is 283 Å². The van der Waals surface area contributed by atoms with Gasteiger partial charge in [-0.05, 0) is 205 Å². The zero-order valence-electron chi connectivity index (χ0n) is 56.8. The van der Waals surface area contributed by atoms with Gasteiger partial charge in [0.05, 0.1) is 16.9 Å². The van der Waals surface area contributed by atoms with Crippen molar-refractivity contribution in [3.05, 3.63) is 337 Å². The summed E-state index contributed by atoms with van der Waals surface area (Å²) in [5.74, 6) is 0.211. The summed E-state index contributed by atoms with van der Waals surface area (Å²) in [5.41, 5.74) is 26.9. The Morgan fingerprint density at radius 2 is 0.978 bits per heavy atom. The minimum atomic E-state index is -0.743. The number of anilines is 3. The highest BCUT2D eigenvalue weighted by molar-refractivity contribution is 5.91. The van der Waals surface area contributed by atoms with E-state index in [2.05, 4.69) is 356 Å². The van der Waals surface area contributed by atoms with Crippen LogP contribution >= 0.6 is 0 Å². The summed E-state index contributed by atoms with van der Waals surface area (Å²) < 4.78 is 0. The van der Waals surface area contributed by atoms with E-state index in [-0.39, 0.29) is 39.7 Å². The second-order valence-corrected chi connectivity index (χ2v) is 30.5. The summed E-state index contributed by atoms with van der Waals surface area (Å²) in [4.78, 5) is 5.29. The molecule has 8 aromatic carbocycles. The molecule has 0 aromatic heterocycles. The normalized spacial score (nSPS) is 21.6. The van der Waals surface area contributed by atoms with E-state index >= 15 is 0 Å². The number of nitrogens with zero attached hydrogens (tertiary/aromatic N) is 2. The largest absolute Gasteiger partial charge is 0.338 e. The lowest BCUT2D eigenvalue weighted by molar-refractivity contribution is 0.470. The van der Waals surface area contributed by atoms with E-state index in [0.29, 0.717) is 0 Å². The summed E-state index contributed by atoms with van der Waals surface area (Å²) in [6.45, 7) is 35.4. The monoisotopic (exact) mass is 1190 g/mol. The van der Waals surface area contributed by atoms with Crippen LogP contribution in [0.15, 0.2) is 265 Å². The van der Waals surface area contributed by atoms with Gasteiger partial charge in [-0.25, -0.2) is 0 Å². The number of hydrogen-bond donors (Lipinski definition) is 0. The maximum atomic E-state index is 2.69. The second kappa shape index (κ2) is 23.0. The van der Waals surface area contributed by atoms with Gasteiger partial charge in [0.25, 0.3) is 0 Å². The van der Waals surface area contributed by atoms with Crippen molar-refractivity contribution in [1.29, 1.82) is 0 Å². The van der Waals surface area contributed by atoms with Crippen LogP contribution in [0.2, 0.25) is 0 Å². The Morgan fingerprint density at radius 3 is 1.47 bits per heavy atom. The van der Waals surface area contributed by atoms with Gasteiger partial charge in [-0.3, -0.25) is 0 Å². The Kier molecular flexibility index (Phi) is 15.5. The molecule has 2 nitrogen and oxygen atoms in total. The van der Waals surface area contributed by atoms with Crippen molar-refractivity contribution in [3.63, 3.8) is 0 Å². The minimum absolute atomic E-state index is 0.00181. The van der Waals surface area contributed by atoms with Crippen molar-refractivity contribution in [1.82, 2.24) is 0 Å². The van der Waals surface area contributed by atoms with Crippen molar-refractivity contribution in [2.24, 2.45) is 5.92 Å². The van der Waals surface area contributed by atoms with E-state index in [1.807, 2.05) is 0 Å². The van der Waals surface area contributed by atoms with Gasteiger partial charge in [0.15, 0.2) is 0 Å². The van der Waals surface area contributed by atoms with Crippen LogP contribution in [-0.2, 0) is 32.5 Å². The van der Waals surface area contributed by atoms with Gasteiger partial charge in [-0.2, -0.15) is 0 Å². The second-order valence-electron chi connectivity index (χ2n) is 30.5. The van der Waals surface area contributed by atoms with Crippen molar-refractivity contribution >= 4 is 28.2 Å². The molecule has 2 aliphatic heterocycles. The number of para-hydroxylation sites is 3. The van der Waals surface area contributed by atoms with E-state index in [4.69, 9.17) is 0 Å². The lowest BCUT2D eigenvalue weighted by Gasteiger charge is -2.50. The van der Waals surface area contributed by atoms with Crippen LogP contribution in [0.1, 0.15) is 189 Å². The average Bonchev–Trinajstić information content (AvgIpc) is 0.936. The molecule has 2 heteroatoms. The molecule has 91 heavy (non-hydrogen) atoms. The smallest absolute Gasteiger partial charge is 0.0705 e. The SMILES string of the molecule is C/C=C1\C=C(/C)C(C)(C)c2ccc(cc2)C2(c3ccc(C(C)(C)C)cc3)C3=CC(CC=C3c3ccc4c(C)c(ccc2c3)C(c2ccc(C(C)(C)C)cc2)(c2ccc(C(C)(C)C)cc2)C2=C4C(C)CC(N(c3ccccc3)c3ccccc3)C2)N1c1ccccc1. The molecule has 4 unspecified atom stereocenters. The van der Waals surface area contributed by atoms with Gasteiger partial charge in [-0.15, -0.1) is 0 Å². The van der Waals surface area contributed by atoms with E-state index in [9.17, 15) is 0 Å². The minimum Gasteiger partial charge on any atom is -0.338 e. The van der Waals surface area contributed by atoms with Crippen LogP contribution in [0, 0.1) is 12.8 Å². The molecule has 8 aromatic rings. The molecule has 0 radical (unpaired) electrons. The summed E-state index contributed by atoms with van der Waals surface area (Å²) in [6.07, 6.45) is 12.8.